The lowest BCUT2D eigenvalue weighted by molar-refractivity contribution is 0.0980. The zero-order valence-corrected chi connectivity index (χ0v) is 14.0. The van der Waals surface area contributed by atoms with Crippen molar-refractivity contribution in [2.24, 2.45) is 0 Å². The lowest BCUT2D eigenvalue weighted by Gasteiger charge is -2.23. The quantitative estimate of drug-likeness (QED) is 0.533. The number of fused-ring (bicyclic) bond motifs is 2. The molecule has 0 unspecified atom stereocenters. The van der Waals surface area contributed by atoms with E-state index in [2.05, 4.69) is 5.32 Å². The van der Waals surface area contributed by atoms with E-state index in [9.17, 15) is 14.0 Å². The van der Waals surface area contributed by atoms with Gasteiger partial charge in [-0.15, -0.1) is 0 Å². The third kappa shape index (κ3) is 2.37. The summed E-state index contributed by atoms with van der Waals surface area (Å²) in [5.74, 6) is -0.955. The van der Waals surface area contributed by atoms with Gasteiger partial charge in [0.15, 0.2) is 11.6 Å². The molecule has 26 heavy (non-hydrogen) atoms. The van der Waals surface area contributed by atoms with Crippen molar-refractivity contribution < 1.29 is 14.0 Å². The molecule has 1 aliphatic carbocycles. The van der Waals surface area contributed by atoms with Crippen molar-refractivity contribution in [2.75, 3.05) is 11.1 Å². The zero-order valence-electron chi connectivity index (χ0n) is 14.0. The number of aryl methyl sites for hydroxylation is 1. The van der Waals surface area contributed by atoms with Crippen LogP contribution in [0.2, 0.25) is 0 Å². The molecule has 0 saturated heterocycles. The number of anilines is 3. The van der Waals surface area contributed by atoms with Gasteiger partial charge < -0.3 is 11.1 Å². The molecule has 0 bridgehead atoms. The number of hydrogen-bond donors (Lipinski definition) is 2. The van der Waals surface area contributed by atoms with Gasteiger partial charge in [-0.05, 0) is 36.8 Å². The average molecular weight is 346 g/mol. The van der Waals surface area contributed by atoms with E-state index < -0.39 is 5.82 Å². The molecule has 128 valence electrons. The molecule has 0 amide bonds. The Labute approximate surface area is 149 Å². The summed E-state index contributed by atoms with van der Waals surface area (Å²) in [6.45, 7) is 1.77. The minimum absolute atomic E-state index is 0.201. The number of ketones is 2. The molecule has 4 rings (SSSR count). The van der Waals surface area contributed by atoms with Crippen LogP contribution in [0, 0.1) is 12.7 Å². The Balaban J connectivity index is 1.94. The fourth-order valence-corrected chi connectivity index (χ4v) is 3.27. The summed E-state index contributed by atoms with van der Waals surface area (Å²) in [6, 6.07) is 14.3. The molecule has 0 saturated carbocycles. The maximum Gasteiger partial charge on any atom is 0.196 e. The number of rotatable bonds is 2. The van der Waals surface area contributed by atoms with E-state index in [1.807, 2.05) is 0 Å². The van der Waals surface area contributed by atoms with Crippen LogP contribution >= 0.6 is 0 Å². The van der Waals surface area contributed by atoms with Gasteiger partial charge in [0, 0.05) is 22.5 Å². The van der Waals surface area contributed by atoms with Gasteiger partial charge in [-0.1, -0.05) is 30.3 Å². The maximum atomic E-state index is 13.5. The predicted molar refractivity (Wildman–Crippen MR) is 98.6 cm³/mol. The first-order valence-electron chi connectivity index (χ1n) is 8.11. The molecule has 0 aromatic heterocycles. The Kier molecular flexibility index (Phi) is 3.58. The number of nitrogen functional groups attached to an aromatic ring is 1. The van der Waals surface area contributed by atoms with E-state index in [0.717, 1.165) is 0 Å². The van der Waals surface area contributed by atoms with Crippen molar-refractivity contribution in [3.8, 4) is 0 Å². The molecule has 0 spiro atoms. The Bertz CT molecular complexity index is 1090. The van der Waals surface area contributed by atoms with E-state index >= 15 is 0 Å². The second-order valence-electron chi connectivity index (χ2n) is 6.24. The van der Waals surface area contributed by atoms with Crippen molar-refractivity contribution in [1.29, 1.82) is 0 Å². The van der Waals surface area contributed by atoms with Crippen LogP contribution in [-0.4, -0.2) is 11.6 Å². The third-order valence-electron chi connectivity index (χ3n) is 4.55. The molecule has 5 heteroatoms. The molecule has 3 aromatic rings. The standard InChI is InChI=1S/C21H15FN2O2/c1-11-9-16(24-13-6-4-5-12(22)10-13)17-18(19(11)23)21(26)15-8-3-2-7-14(15)20(17)25/h2-10,24H,23H2,1H3. The van der Waals surface area contributed by atoms with Crippen LogP contribution in [-0.2, 0) is 0 Å². The number of carbonyl (C=O) groups excluding carboxylic acids is 2. The second-order valence-corrected chi connectivity index (χ2v) is 6.24. The number of benzene rings is 3. The number of carbonyl (C=O) groups is 2. The highest BCUT2D eigenvalue weighted by Crippen LogP contribution is 2.38. The van der Waals surface area contributed by atoms with E-state index in [4.69, 9.17) is 5.73 Å². The maximum absolute atomic E-state index is 13.5. The summed E-state index contributed by atoms with van der Waals surface area (Å²) in [6.07, 6.45) is 0. The van der Waals surface area contributed by atoms with Gasteiger partial charge in [0.2, 0.25) is 0 Å². The Morgan fingerprint density at radius 2 is 1.54 bits per heavy atom. The van der Waals surface area contributed by atoms with Crippen LogP contribution < -0.4 is 11.1 Å². The van der Waals surface area contributed by atoms with Gasteiger partial charge in [-0.3, -0.25) is 9.59 Å². The third-order valence-corrected chi connectivity index (χ3v) is 4.55. The molecular formula is C21H15FN2O2. The highest BCUT2D eigenvalue weighted by atomic mass is 19.1. The SMILES string of the molecule is Cc1cc(Nc2cccc(F)c2)c2c(c1N)C(=O)c1ccccc1C2=O. The second kappa shape index (κ2) is 5.81. The summed E-state index contributed by atoms with van der Waals surface area (Å²) in [7, 11) is 0. The van der Waals surface area contributed by atoms with E-state index in [1.165, 1.54) is 12.1 Å². The minimum Gasteiger partial charge on any atom is -0.398 e. The van der Waals surface area contributed by atoms with Gasteiger partial charge in [-0.25, -0.2) is 4.39 Å². The Hall–Kier alpha value is -3.47. The fraction of sp³-hybridized carbons (Fsp3) is 0.0476. The van der Waals surface area contributed by atoms with Gasteiger partial charge in [0.05, 0.1) is 16.8 Å². The Morgan fingerprint density at radius 1 is 0.885 bits per heavy atom. The zero-order chi connectivity index (χ0) is 18.4. The fourth-order valence-electron chi connectivity index (χ4n) is 3.27. The first-order valence-corrected chi connectivity index (χ1v) is 8.11. The largest absolute Gasteiger partial charge is 0.398 e. The predicted octanol–water partition coefficient (Wildman–Crippen LogP) is 4.24. The molecule has 4 nitrogen and oxygen atoms in total. The van der Waals surface area contributed by atoms with Crippen LogP contribution in [0.1, 0.15) is 37.4 Å². The highest BCUT2D eigenvalue weighted by Gasteiger charge is 2.34. The normalized spacial score (nSPS) is 12.5. The van der Waals surface area contributed by atoms with Crippen LogP contribution in [0.5, 0.6) is 0 Å². The average Bonchev–Trinajstić information content (AvgIpc) is 2.62. The van der Waals surface area contributed by atoms with Crippen molar-refractivity contribution in [1.82, 2.24) is 0 Å². The molecule has 3 N–H and O–H groups in total. The van der Waals surface area contributed by atoms with Crippen LogP contribution in [0.3, 0.4) is 0 Å². The van der Waals surface area contributed by atoms with Crippen molar-refractivity contribution in [2.45, 2.75) is 6.92 Å². The van der Waals surface area contributed by atoms with E-state index in [0.29, 0.717) is 28.1 Å². The van der Waals surface area contributed by atoms with Gasteiger partial charge >= 0.3 is 0 Å². The molecule has 0 aliphatic heterocycles. The molecule has 0 heterocycles. The number of hydrogen-bond acceptors (Lipinski definition) is 4. The van der Waals surface area contributed by atoms with Gasteiger partial charge in [0.1, 0.15) is 5.82 Å². The van der Waals surface area contributed by atoms with E-state index in [-0.39, 0.29) is 28.4 Å². The van der Waals surface area contributed by atoms with Gasteiger partial charge in [0.25, 0.3) is 0 Å². The molecule has 3 aromatic carbocycles. The number of halogens is 1. The molecule has 0 fully saturated rings. The summed E-state index contributed by atoms with van der Waals surface area (Å²) >= 11 is 0. The lowest BCUT2D eigenvalue weighted by Crippen LogP contribution is -2.24. The molecule has 0 atom stereocenters. The first kappa shape index (κ1) is 16.0. The molecule has 0 radical (unpaired) electrons. The topological polar surface area (TPSA) is 72.2 Å². The summed E-state index contributed by atoms with van der Waals surface area (Å²) in [5.41, 5.74) is 9.13. The van der Waals surface area contributed by atoms with Crippen molar-refractivity contribution in [3.63, 3.8) is 0 Å². The van der Waals surface area contributed by atoms with Crippen molar-refractivity contribution >= 4 is 28.6 Å². The number of nitrogens with one attached hydrogen (secondary N) is 1. The van der Waals surface area contributed by atoms with Gasteiger partial charge in [-0.2, -0.15) is 0 Å². The van der Waals surface area contributed by atoms with Crippen LogP contribution in [0.25, 0.3) is 0 Å². The summed E-state index contributed by atoms with van der Waals surface area (Å²) < 4.78 is 13.5. The Morgan fingerprint density at radius 3 is 2.19 bits per heavy atom. The number of nitrogens with two attached hydrogens (primary N) is 1. The van der Waals surface area contributed by atoms with E-state index in [1.54, 1.807) is 49.4 Å². The highest BCUT2D eigenvalue weighted by molar-refractivity contribution is 6.32. The first-order chi connectivity index (χ1) is 12.5. The van der Waals surface area contributed by atoms with Crippen molar-refractivity contribution in [3.05, 3.63) is 88.2 Å². The van der Waals surface area contributed by atoms with Crippen LogP contribution in [0.15, 0.2) is 54.6 Å². The smallest absolute Gasteiger partial charge is 0.196 e. The minimum atomic E-state index is -0.399. The monoisotopic (exact) mass is 346 g/mol. The molecule has 1 aliphatic rings. The lowest BCUT2D eigenvalue weighted by atomic mass is 9.81. The van der Waals surface area contributed by atoms with Crippen LogP contribution in [0.4, 0.5) is 21.5 Å². The molecular weight excluding hydrogens is 331 g/mol. The summed E-state index contributed by atoms with van der Waals surface area (Å²) in [5, 5.41) is 3.05. The summed E-state index contributed by atoms with van der Waals surface area (Å²) in [4.78, 5) is 26.0.